The van der Waals surface area contributed by atoms with Crippen LogP contribution in [0.4, 0.5) is 18.9 Å². The van der Waals surface area contributed by atoms with Crippen LogP contribution in [-0.2, 0) is 35.7 Å². The second-order valence-corrected chi connectivity index (χ2v) is 13.2. The summed E-state index contributed by atoms with van der Waals surface area (Å²) in [6.07, 6.45) is 1.08. The van der Waals surface area contributed by atoms with E-state index in [1.807, 2.05) is 6.07 Å². The van der Waals surface area contributed by atoms with Crippen LogP contribution >= 0.6 is 0 Å². The zero-order chi connectivity index (χ0) is 30.2. The number of hydrogen-bond donors (Lipinski definition) is 0. The molecule has 0 atom stereocenters. The molecule has 0 spiro atoms. The van der Waals surface area contributed by atoms with E-state index in [9.17, 15) is 48.5 Å². The molecule has 0 unspecified atom stereocenters. The predicted octanol–water partition coefficient (Wildman–Crippen LogP) is 2.25. The van der Waals surface area contributed by atoms with E-state index in [1.54, 1.807) is 0 Å². The number of alkyl halides is 3. The summed E-state index contributed by atoms with van der Waals surface area (Å²) in [6.45, 7) is 0. The van der Waals surface area contributed by atoms with Crippen molar-refractivity contribution in [3.8, 4) is 6.07 Å². The summed E-state index contributed by atoms with van der Waals surface area (Å²) in [7, 11) is -10.2. The molecule has 210 valence electrons. The molecule has 0 saturated heterocycles. The molecular formula is C20H18F3N5O8S3. The first-order valence-corrected chi connectivity index (χ1v) is 15.4. The van der Waals surface area contributed by atoms with E-state index in [1.165, 1.54) is 18.3 Å². The fraction of sp³-hybridized carbons (Fsp3) is 0.200. The largest absolute Gasteiger partial charge is 0.417 e. The lowest BCUT2D eigenvalue weighted by Gasteiger charge is -2.05. The Bertz CT molecular complexity index is 1670. The molecule has 0 saturated carbocycles. The summed E-state index contributed by atoms with van der Waals surface area (Å²) in [4.78, 5) is 19.8. The number of hydrogen-bond acceptors (Lipinski definition) is 12. The predicted molar refractivity (Wildman–Crippen MR) is 128 cm³/mol. The Hall–Kier alpha value is -4.02. The molecule has 3 aromatic rings. The van der Waals surface area contributed by atoms with E-state index >= 15 is 0 Å². The zero-order valence-corrected chi connectivity index (χ0v) is 22.5. The summed E-state index contributed by atoms with van der Waals surface area (Å²) >= 11 is 0. The highest BCUT2D eigenvalue weighted by Crippen LogP contribution is 2.28. The van der Waals surface area contributed by atoms with Crippen LogP contribution in [0.25, 0.3) is 0 Å². The summed E-state index contributed by atoms with van der Waals surface area (Å²) in [5, 5.41) is 18.0. The van der Waals surface area contributed by atoms with Crippen LogP contribution in [0.2, 0.25) is 0 Å². The monoisotopic (exact) mass is 609 g/mol. The summed E-state index contributed by atoms with van der Waals surface area (Å²) < 4.78 is 101. The molecule has 0 N–H and O–H groups in total. The minimum absolute atomic E-state index is 0.0125. The van der Waals surface area contributed by atoms with Crippen LogP contribution in [0.3, 0.4) is 0 Å². The quantitative estimate of drug-likeness (QED) is 0.308. The molecule has 0 aromatic carbocycles. The molecule has 0 fully saturated rings. The zero-order valence-electron chi connectivity index (χ0n) is 20.1. The van der Waals surface area contributed by atoms with Crippen molar-refractivity contribution in [1.29, 1.82) is 5.26 Å². The number of nitrogens with zero attached hydrogens (tertiary/aromatic N) is 5. The maximum Gasteiger partial charge on any atom is 0.417 e. The maximum absolute atomic E-state index is 12.0. The fourth-order valence-electron chi connectivity index (χ4n) is 2.13. The Kier molecular flexibility index (Phi) is 10.7. The van der Waals surface area contributed by atoms with Gasteiger partial charge in [-0.05, 0) is 30.3 Å². The molecule has 0 amide bonds. The Balaban J connectivity index is 0.000000293. The standard InChI is InChI=1S/C7H6F3NO2S.C7H6N2O2S.C6H6N2O4S/c1-14(12,13)6-3-2-5(4-11-6)7(8,9)10;1-12(10,11)7-3-2-6(4-8)5-9-7;1-13(11,12)6-3-2-5(4-7-6)8(9)10/h2-4H,1H3;2-3,5H,1H3;2-4H,1H3. The number of aromatic nitrogens is 3. The highest BCUT2D eigenvalue weighted by Gasteiger charge is 2.31. The first-order valence-electron chi connectivity index (χ1n) is 9.76. The van der Waals surface area contributed by atoms with Gasteiger partial charge >= 0.3 is 6.18 Å². The molecular weight excluding hydrogens is 591 g/mol. The van der Waals surface area contributed by atoms with E-state index in [-0.39, 0.29) is 20.8 Å². The van der Waals surface area contributed by atoms with Gasteiger partial charge in [-0.2, -0.15) is 18.4 Å². The van der Waals surface area contributed by atoms with Gasteiger partial charge in [0.25, 0.3) is 5.69 Å². The van der Waals surface area contributed by atoms with Crippen molar-refractivity contribution in [1.82, 2.24) is 15.0 Å². The topological polar surface area (TPSA) is 208 Å². The Morgan fingerprint density at radius 3 is 1.41 bits per heavy atom. The first kappa shape index (κ1) is 33.0. The molecule has 0 aliphatic carbocycles. The highest BCUT2D eigenvalue weighted by molar-refractivity contribution is 7.91. The van der Waals surface area contributed by atoms with Crippen LogP contribution in [0.5, 0.6) is 0 Å². The molecule has 39 heavy (non-hydrogen) atoms. The summed E-state index contributed by atoms with van der Waals surface area (Å²) in [6, 6.07) is 8.30. The van der Waals surface area contributed by atoms with Gasteiger partial charge in [0.15, 0.2) is 44.6 Å². The summed E-state index contributed by atoms with van der Waals surface area (Å²) in [5.74, 6) is 0. The van der Waals surface area contributed by atoms with Gasteiger partial charge in [0.2, 0.25) is 0 Å². The molecule has 0 bridgehead atoms. The normalized spacial score (nSPS) is 11.6. The average molecular weight is 610 g/mol. The number of sulfone groups is 3. The van der Waals surface area contributed by atoms with Gasteiger partial charge in [0, 0.05) is 37.2 Å². The minimum atomic E-state index is -4.50. The van der Waals surface area contributed by atoms with Crippen LogP contribution in [0.15, 0.2) is 70.1 Å². The molecule has 3 aromatic heterocycles. The summed E-state index contributed by atoms with van der Waals surface area (Å²) in [5.41, 5.74) is -0.847. The van der Waals surface area contributed by atoms with Crippen molar-refractivity contribution >= 4 is 35.2 Å². The SMILES string of the molecule is CS(=O)(=O)c1ccc(C#N)cn1.CS(=O)(=O)c1ccc(C(F)(F)F)cn1.CS(=O)(=O)c1ccc([N+](=O)[O-])cn1. The lowest BCUT2D eigenvalue weighted by molar-refractivity contribution is -0.385. The Labute approximate surface area is 220 Å². The average Bonchev–Trinajstić information content (AvgIpc) is 2.83. The van der Waals surface area contributed by atoms with E-state index in [0.717, 1.165) is 43.2 Å². The van der Waals surface area contributed by atoms with Crippen LogP contribution in [-0.4, -0.2) is 63.9 Å². The molecule has 13 nitrogen and oxygen atoms in total. The van der Waals surface area contributed by atoms with Crippen molar-refractivity contribution in [2.24, 2.45) is 0 Å². The lowest BCUT2D eigenvalue weighted by atomic mass is 10.3. The Morgan fingerprint density at radius 2 is 1.15 bits per heavy atom. The number of nitriles is 1. The Morgan fingerprint density at radius 1 is 0.744 bits per heavy atom. The van der Waals surface area contributed by atoms with Gasteiger partial charge in [0.05, 0.1) is 16.1 Å². The van der Waals surface area contributed by atoms with Crippen molar-refractivity contribution in [3.05, 3.63) is 76.2 Å². The third-order valence-electron chi connectivity index (χ3n) is 4.00. The number of rotatable bonds is 4. The van der Waals surface area contributed by atoms with E-state index in [2.05, 4.69) is 15.0 Å². The van der Waals surface area contributed by atoms with Gasteiger partial charge in [-0.1, -0.05) is 0 Å². The second kappa shape index (κ2) is 12.7. The smallest absolute Gasteiger partial charge is 0.258 e. The van der Waals surface area contributed by atoms with Gasteiger partial charge in [-0.15, -0.1) is 0 Å². The third-order valence-corrected chi connectivity index (χ3v) is 7.00. The van der Waals surface area contributed by atoms with Gasteiger partial charge < -0.3 is 0 Å². The van der Waals surface area contributed by atoms with Crippen molar-refractivity contribution < 1.29 is 43.3 Å². The van der Waals surface area contributed by atoms with Crippen molar-refractivity contribution in [2.45, 2.75) is 21.3 Å². The van der Waals surface area contributed by atoms with E-state index < -0.39 is 46.2 Å². The van der Waals surface area contributed by atoms with Crippen LogP contribution in [0.1, 0.15) is 11.1 Å². The lowest BCUT2D eigenvalue weighted by Crippen LogP contribution is -2.07. The minimum Gasteiger partial charge on any atom is -0.258 e. The number of nitro groups is 1. The number of halogens is 3. The van der Waals surface area contributed by atoms with Gasteiger partial charge in [0.1, 0.15) is 12.3 Å². The van der Waals surface area contributed by atoms with Crippen LogP contribution < -0.4 is 0 Å². The molecule has 3 rings (SSSR count). The fourth-order valence-corrected chi connectivity index (χ4v) is 3.81. The molecule has 19 heteroatoms. The number of pyridine rings is 3. The molecule has 0 aliphatic heterocycles. The highest BCUT2D eigenvalue weighted by atomic mass is 32.2. The molecule has 3 heterocycles. The van der Waals surface area contributed by atoms with E-state index in [4.69, 9.17) is 5.26 Å². The van der Waals surface area contributed by atoms with Gasteiger partial charge in [-0.3, -0.25) is 10.1 Å². The molecule has 0 aliphatic rings. The van der Waals surface area contributed by atoms with E-state index in [0.29, 0.717) is 17.8 Å². The van der Waals surface area contributed by atoms with Crippen molar-refractivity contribution in [3.63, 3.8) is 0 Å². The maximum atomic E-state index is 12.0. The van der Waals surface area contributed by atoms with Gasteiger partial charge in [-0.25, -0.2) is 40.2 Å². The van der Waals surface area contributed by atoms with Crippen molar-refractivity contribution in [2.75, 3.05) is 18.8 Å². The third kappa shape index (κ3) is 11.1. The van der Waals surface area contributed by atoms with Crippen LogP contribution in [0, 0.1) is 21.4 Å². The first-order chi connectivity index (χ1) is 17.7. The second-order valence-electron chi connectivity index (χ2n) is 7.31. The molecule has 0 radical (unpaired) electrons.